The molecule has 9 heteroatoms. The van der Waals surface area contributed by atoms with E-state index in [2.05, 4.69) is 21.6 Å². The van der Waals surface area contributed by atoms with Gasteiger partial charge in [-0.05, 0) is 48.7 Å². The first-order valence-corrected chi connectivity index (χ1v) is 11.4. The first-order valence-electron chi connectivity index (χ1n) is 8.79. The third kappa shape index (κ3) is 4.19. The molecule has 0 saturated heterocycles. The van der Waals surface area contributed by atoms with E-state index in [1.165, 1.54) is 4.31 Å². The van der Waals surface area contributed by atoms with Crippen LogP contribution in [-0.2, 0) is 16.4 Å². The predicted octanol–water partition coefficient (Wildman–Crippen LogP) is 3.55. The molecular weight excluding hydrogens is 416 g/mol. The quantitative estimate of drug-likeness (QED) is 0.795. The van der Waals surface area contributed by atoms with Crippen LogP contribution in [0.3, 0.4) is 0 Å². The van der Waals surface area contributed by atoms with Crippen molar-refractivity contribution in [1.29, 1.82) is 0 Å². The van der Waals surface area contributed by atoms with Gasteiger partial charge in [0.2, 0.25) is 10.0 Å². The molecule has 2 aliphatic heterocycles. The van der Waals surface area contributed by atoms with Crippen molar-refractivity contribution in [2.45, 2.75) is 13.3 Å². The lowest BCUT2D eigenvalue weighted by atomic mass is 10.1. The van der Waals surface area contributed by atoms with Crippen molar-refractivity contribution < 1.29 is 8.42 Å². The third-order valence-electron chi connectivity index (χ3n) is 4.59. The van der Waals surface area contributed by atoms with Crippen LogP contribution in [0.5, 0.6) is 0 Å². The molecule has 0 aromatic heterocycles. The van der Waals surface area contributed by atoms with Crippen LogP contribution in [0.4, 0.5) is 11.4 Å². The highest BCUT2D eigenvalue weighted by Crippen LogP contribution is 2.32. The molecule has 2 aliphatic rings. The fourth-order valence-electron chi connectivity index (χ4n) is 3.14. The summed E-state index contributed by atoms with van der Waals surface area (Å²) in [5.41, 5.74) is 7.72. The number of para-hydroxylation sites is 1. The highest BCUT2D eigenvalue weighted by molar-refractivity contribution is 8.14. The lowest BCUT2D eigenvalue weighted by Crippen LogP contribution is -2.30. The number of anilines is 1. The number of nitrogens with zero attached hydrogens (tertiary/aromatic N) is 3. The molecular formula is C19H21ClN4O2S2. The van der Waals surface area contributed by atoms with E-state index in [1.54, 1.807) is 18.7 Å². The smallest absolute Gasteiger partial charge is 0.234 e. The maximum absolute atomic E-state index is 12.2. The SMILES string of the molecule is CCS(=O)(=O)N1CCc2cc(C3=NNC(=Nc4ccccc4)SC3)ccc21.Cl. The Labute approximate surface area is 175 Å². The highest BCUT2D eigenvalue weighted by Gasteiger charge is 2.28. The number of hydrogen-bond donors (Lipinski definition) is 1. The summed E-state index contributed by atoms with van der Waals surface area (Å²) in [5, 5.41) is 5.24. The number of halogens is 1. The summed E-state index contributed by atoms with van der Waals surface area (Å²) >= 11 is 1.60. The van der Waals surface area contributed by atoms with Crippen LogP contribution in [0.1, 0.15) is 18.1 Å². The van der Waals surface area contributed by atoms with Gasteiger partial charge in [-0.15, -0.1) is 12.4 Å². The Morgan fingerprint density at radius 1 is 1.21 bits per heavy atom. The average Bonchev–Trinajstić information content (AvgIpc) is 3.13. The van der Waals surface area contributed by atoms with Gasteiger partial charge in [0.1, 0.15) is 0 Å². The maximum Gasteiger partial charge on any atom is 0.234 e. The van der Waals surface area contributed by atoms with Crippen LogP contribution in [0.15, 0.2) is 58.6 Å². The van der Waals surface area contributed by atoms with Crippen molar-refractivity contribution in [3.63, 3.8) is 0 Å². The fourth-order valence-corrected chi connectivity index (χ4v) is 5.08. The second-order valence-corrected chi connectivity index (χ2v) is 9.42. The zero-order valence-electron chi connectivity index (χ0n) is 15.3. The minimum absolute atomic E-state index is 0. The predicted molar refractivity (Wildman–Crippen MR) is 120 cm³/mol. The molecule has 0 radical (unpaired) electrons. The number of aliphatic imine (C=N–C) groups is 1. The molecule has 0 saturated carbocycles. The maximum atomic E-state index is 12.2. The molecule has 0 aliphatic carbocycles. The van der Waals surface area contributed by atoms with Gasteiger partial charge in [-0.1, -0.05) is 36.0 Å². The molecule has 1 N–H and O–H groups in total. The third-order valence-corrected chi connectivity index (χ3v) is 7.24. The average molecular weight is 437 g/mol. The monoisotopic (exact) mass is 436 g/mol. The number of amidine groups is 1. The van der Waals surface area contributed by atoms with Crippen molar-refractivity contribution in [3.05, 3.63) is 59.7 Å². The summed E-state index contributed by atoms with van der Waals surface area (Å²) in [6.45, 7) is 2.19. The molecule has 0 atom stereocenters. The zero-order chi connectivity index (χ0) is 18.9. The second-order valence-electron chi connectivity index (χ2n) is 6.28. The standard InChI is InChI=1S/C19H20N4O2S2.ClH/c1-2-27(24,25)23-11-10-15-12-14(8-9-18(15)23)17-13-26-19(22-21-17)20-16-6-4-3-5-7-16;/h3-9,12H,2,10-11,13H2,1H3,(H,20,22);1H. The summed E-state index contributed by atoms with van der Waals surface area (Å²) in [5.74, 6) is 0.833. The molecule has 0 bridgehead atoms. The Kier molecular flexibility index (Phi) is 6.32. The lowest BCUT2D eigenvalue weighted by Gasteiger charge is -2.19. The fraction of sp³-hybridized carbons (Fsp3) is 0.263. The first kappa shape index (κ1) is 20.7. The van der Waals surface area contributed by atoms with E-state index in [1.807, 2.05) is 42.5 Å². The van der Waals surface area contributed by atoms with Gasteiger partial charge >= 0.3 is 0 Å². The Hall–Kier alpha value is -2.03. The van der Waals surface area contributed by atoms with E-state index in [0.29, 0.717) is 12.3 Å². The molecule has 4 rings (SSSR count). The summed E-state index contributed by atoms with van der Waals surface area (Å²) in [6, 6.07) is 15.7. The van der Waals surface area contributed by atoms with Gasteiger partial charge in [0.15, 0.2) is 5.17 Å². The van der Waals surface area contributed by atoms with Crippen molar-refractivity contribution in [1.82, 2.24) is 5.43 Å². The van der Waals surface area contributed by atoms with E-state index in [0.717, 1.165) is 39.8 Å². The number of fused-ring (bicyclic) bond motifs is 1. The van der Waals surface area contributed by atoms with Crippen molar-refractivity contribution >= 4 is 56.4 Å². The van der Waals surface area contributed by atoms with Crippen molar-refractivity contribution in [3.8, 4) is 0 Å². The second kappa shape index (κ2) is 8.55. The van der Waals surface area contributed by atoms with E-state index in [4.69, 9.17) is 0 Å². The van der Waals surface area contributed by atoms with Crippen LogP contribution < -0.4 is 9.73 Å². The van der Waals surface area contributed by atoms with Crippen LogP contribution in [0.25, 0.3) is 0 Å². The van der Waals surface area contributed by atoms with E-state index >= 15 is 0 Å². The number of nitrogens with one attached hydrogen (secondary N) is 1. The lowest BCUT2D eigenvalue weighted by molar-refractivity contribution is 0.593. The van der Waals surface area contributed by atoms with Crippen molar-refractivity contribution in [2.24, 2.45) is 10.1 Å². The number of thioether (sulfide) groups is 1. The van der Waals surface area contributed by atoms with Gasteiger partial charge in [-0.3, -0.25) is 9.73 Å². The van der Waals surface area contributed by atoms with Gasteiger partial charge in [0, 0.05) is 12.3 Å². The molecule has 2 aromatic rings. The minimum Gasteiger partial charge on any atom is -0.270 e. The highest BCUT2D eigenvalue weighted by atomic mass is 35.5. The summed E-state index contributed by atoms with van der Waals surface area (Å²) in [7, 11) is -3.22. The zero-order valence-corrected chi connectivity index (χ0v) is 17.8. The largest absolute Gasteiger partial charge is 0.270 e. The number of sulfonamides is 1. The van der Waals surface area contributed by atoms with Gasteiger partial charge in [-0.2, -0.15) is 5.10 Å². The van der Waals surface area contributed by atoms with Crippen molar-refractivity contribution in [2.75, 3.05) is 22.4 Å². The van der Waals surface area contributed by atoms with Gasteiger partial charge in [-0.25, -0.2) is 13.4 Å². The van der Waals surface area contributed by atoms with E-state index in [9.17, 15) is 8.42 Å². The van der Waals surface area contributed by atoms with Crippen LogP contribution in [0.2, 0.25) is 0 Å². The number of hydrogen-bond acceptors (Lipinski definition) is 5. The summed E-state index contributed by atoms with van der Waals surface area (Å²) < 4.78 is 25.9. The number of hydrazone groups is 1. The molecule has 28 heavy (non-hydrogen) atoms. The van der Waals surface area contributed by atoms with Crippen LogP contribution in [0, 0.1) is 0 Å². The van der Waals surface area contributed by atoms with Gasteiger partial charge in [0.25, 0.3) is 0 Å². The molecule has 6 nitrogen and oxygen atoms in total. The normalized spacial score (nSPS) is 17.5. The Morgan fingerprint density at radius 3 is 2.68 bits per heavy atom. The first-order chi connectivity index (χ1) is 13.1. The molecule has 0 amide bonds. The summed E-state index contributed by atoms with van der Waals surface area (Å²) in [6.07, 6.45) is 0.733. The molecule has 0 spiro atoms. The molecule has 2 aromatic carbocycles. The van der Waals surface area contributed by atoms with Crippen LogP contribution in [-0.4, -0.2) is 37.3 Å². The number of rotatable bonds is 4. The topological polar surface area (TPSA) is 74.1 Å². The Balaban J connectivity index is 0.00000225. The van der Waals surface area contributed by atoms with Gasteiger partial charge < -0.3 is 0 Å². The molecule has 2 heterocycles. The summed E-state index contributed by atoms with van der Waals surface area (Å²) in [4.78, 5) is 4.54. The molecule has 148 valence electrons. The van der Waals surface area contributed by atoms with E-state index in [-0.39, 0.29) is 18.2 Å². The van der Waals surface area contributed by atoms with Crippen LogP contribution >= 0.6 is 24.2 Å². The number of benzene rings is 2. The Bertz CT molecular complexity index is 1020. The van der Waals surface area contributed by atoms with Gasteiger partial charge in [0.05, 0.1) is 22.8 Å². The molecule has 0 fully saturated rings. The van der Waals surface area contributed by atoms with E-state index < -0.39 is 10.0 Å². The minimum atomic E-state index is -3.22. The molecule has 0 unspecified atom stereocenters. The Morgan fingerprint density at radius 2 is 2.00 bits per heavy atom.